The lowest BCUT2D eigenvalue weighted by molar-refractivity contribution is 0.593. The molecule has 0 spiro atoms. The molecule has 3 heterocycles. The van der Waals surface area contributed by atoms with Gasteiger partial charge in [-0.05, 0) is 45.0 Å². The Morgan fingerprint density at radius 2 is 1.82 bits per heavy atom. The number of nitrogens with two attached hydrogens (primary N) is 1. The second-order valence-electron chi connectivity index (χ2n) is 7.53. The standard InChI is InChI=1S/C21H20ClN7O3S/c1-11(2)29-19-15(10-24-21(23)27-19)26-18(20(29)30)13-8-9-17(25-12(13)3)28-33(31,32)16-7-5-4-6-14(16)22/h4-11H,1-3H3,(H,25,28)(H2,23,24,27). The molecule has 0 aliphatic carbocycles. The van der Waals surface area contributed by atoms with Crippen molar-refractivity contribution in [3.63, 3.8) is 0 Å². The molecule has 12 heteroatoms. The fourth-order valence-electron chi connectivity index (χ4n) is 3.39. The summed E-state index contributed by atoms with van der Waals surface area (Å²) >= 11 is 6.02. The number of hydrogen-bond donors (Lipinski definition) is 2. The maximum atomic E-state index is 13.3. The fraction of sp³-hybridized carbons (Fsp3) is 0.190. The average molecular weight is 486 g/mol. The van der Waals surface area contributed by atoms with Crippen LogP contribution in [0.25, 0.3) is 22.4 Å². The molecule has 10 nitrogen and oxygen atoms in total. The SMILES string of the molecule is Cc1nc(NS(=O)(=O)c2ccccc2Cl)ccc1-c1nc2cnc(N)nc2n(C(C)C)c1=O. The molecule has 0 aliphatic rings. The molecular weight excluding hydrogens is 466 g/mol. The molecule has 33 heavy (non-hydrogen) atoms. The molecule has 4 aromatic rings. The van der Waals surface area contributed by atoms with Crippen LogP contribution in [0.1, 0.15) is 25.6 Å². The van der Waals surface area contributed by atoms with E-state index in [1.807, 2.05) is 13.8 Å². The summed E-state index contributed by atoms with van der Waals surface area (Å²) in [5.74, 6) is 0.121. The van der Waals surface area contributed by atoms with Gasteiger partial charge in [-0.1, -0.05) is 23.7 Å². The summed E-state index contributed by atoms with van der Waals surface area (Å²) in [5.41, 5.74) is 7.07. The van der Waals surface area contributed by atoms with Crippen LogP contribution in [0.4, 0.5) is 11.8 Å². The fourth-order valence-corrected chi connectivity index (χ4v) is 4.91. The lowest BCUT2D eigenvalue weighted by Gasteiger charge is -2.15. The van der Waals surface area contributed by atoms with Crippen LogP contribution in [0, 0.1) is 6.92 Å². The molecule has 0 fully saturated rings. The number of anilines is 2. The minimum atomic E-state index is -3.95. The van der Waals surface area contributed by atoms with E-state index in [4.69, 9.17) is 17.3 Å². The molecule has 3 N–H and O–H groups in total. The summed E-state index contributed by atoms with van der Waals surface area (Å²) in [5, 5.41) is 0.0933. The zero-order chi connectivity index (χ0) is 23.9. The smallest absolute Gasteiger partial charge is 0.279 e. The number of nitrogens with zero attached hydrogens (tertiary/aromatic N) is 5. The molecule has 4 rings (SSSR count). The second-order valence-corrected chi connectivity index (χ2v) is 9.59. The van der Waals surface area contributed by atoms with Gasteiger partial charge in [0.1, 0.15) is 21.9 Å². The number of benzene rings is 1. The molecule has 0 radical (unpaired) electrons. The summed E-state index contributed by atoms with van der Waals surface area (Å²) in [6, 6.07) is 8.93. The van der Waals surface area contributed by atoms with Gasteiger partial charge in [0, 0.05) is 17.3 Å². The van der Waals surface area contributed by atoms with Crippen molar-refractivity contribution in [3.8, 4) is 11.3 Å². The van der Waals surface area contributed by atoms with Crippen molar-refractivity contribution in [2.75, 3.05) is 10.5 Å². The second kappa shape index (κ2) is 8.41. The van der Waals surface area contributed by atoms with Crippen molar-refractivity contribution < 1.29 is 8.42 Å². The van der Waals surface area contributed by atoms with Crippen molar-refractivity contribution in [2.24, 2.45) is 0 Å². The van der Waals surface area contributed by atoms with Gasteiger partial charge >= 0.3 is 0 Å². The number of rotatable bonds is 5. The van der Waals surface area contributed by atoms with Gasteiger partial charge in [-0.25, -0.2) is 23.4 Å². The third-order valence-electron chi connectivity index (χ3n) is 4.87. The quantitative estimate of drug-likeness (QED) is 0.438. The molecule has 170 valence electrons. The minimum absolute atomic E-state index is 0.0406. The predicted molar refractivity (Wildman–Crippen MR) is 127 cm³/mol. The number of fused-ring (bicyclic) bond motifs is 1. The third-order valence-corrected chi connectivity index (χ3v) is 6.73. The summed E-state index contributed by atoms with van der Waals surface area (Å²) in [4.78, 5) is 30.1. The first kappa shape index (κ1) is 22.6. The highest BCUT2D eigenvalue weighted by atomic mass is 35.5. The molecule has 0 saturated heterocycles. The first-order valence-corrected chi connectivity index (χ1v) is 11.7. The minimum Gasteiger partial charge on any atom is -0.368 e. The van der Waals surface area contributed by atoms with Gasteiger partial charge in [0.15, 0.2) is 5.65 Å². The van der Waals surface area contributed by atoms with E-state index < -0.39 is 10.0 Å². The molecule has 0 atom stereocenters. The van der Waals surface area contributed by atoms with Gasteiger partial charge in [0.25, 0.3) is 15.6 Å². The van der Waals surface area contributed by atoms with E-state index in [0.717, 1.165) is 0 Å². The summed E-state index contributed by atoms with van der Waals surface area (Å²) < 4.78 is 29.3. The van der Waals surface area contributed by atoms with Crippen LogP contribution in [0.5, 0.6) is 0 Å². The highest BCUT2D eigenvalue weighted by molar-refractivity contribution is 7.92. The van der Waals surface area contributed by atoms with Gasteiger partial charge in [-0.15, -0.1) is 0 Å². The highest BCUT2D eigenvalue weighted by Gasteiger charge is 2.21. The maximum absolute atomic E-state index is 13.3. The monoisotopic (exact) mass is 485 g/mol. The largest absolute Gasteiger partial charge is 0.368 e. The van der Waals surface area contributed by atoms with Crippen LogP contribution < -0.4 is 16.0 Å². The van der Waals surface area contributed by atoms with Crippen LogP contribution in [-0.2, 0) is 10.0 Å². The molecule has 0 unspecified atom stereocenters. The Balaban J connectivity index is 1.79. The van der Waals surface area contributed by atoms with E-state index in [9.17, 15) is 13.2 Å². The van der Waals surface area contributed by atoms with Gasteiger partial charge in [0.05, 0.1) is 11.2 Å². The van der Waals surface area contributed by atoms with E-state index in [0.29, 0.717) is 22.4 Å². The molecule has 0 amide bonds. The van der Waals surface area contributed by atoms with Crippen LogP contribution in [0.15, 0.2) is 52.3 Å². The molecule has 0 saturated carbocycles. The Hall–Kier alpha value is -3.57. The summed E-state index contributed by atoms with van der Waals surface area (Å²) in [6.07, 6.45) is 1.45. The molecular formula is C21H20ClN7O3S. The van der Waals surface area contributed by atoms with Crippen LogP contribution in [0.2, 0.25) is 5.02 Å². The third kappa shape index (κ3) is 4.24. The summed E-state index contributed by atoms with van der Waals surface area (Å²) in [6.45, 7) is 5.36. The van der Waals surface area contributed by atoms with E-state index >= 15 is 0 Å². The van der Waals surface area contributed by atoms with Crippen molar-refractivity contribution in [2.45, 2.75) is 31.7 Å². The van der Waals surface area contributed by atoms with Gasteiger partial charge in [0.2, 0.25) is 5.95 Å². The van der Waals surface area contributed by atoms with E-state index in [1.54, 1.807) is 25.1 Å². The predicted octanol–water partition coefficient (Wildman–Crippen LogP) is 3.17. The number of aromatic nitrogens is 5. The lowest BCUT2D eigenvalue weighted by atomic mass is 10.1. The Morgan fingerprint density at radius 3 is 2.48 bits per heavy atom. The van der Waals surface area contributed by atoms with E-state index in [2.05, 4.69) is 24.7 Å². The van der Waals surface area contributed by atoms with Crippen molar-refractivity contribution >= 4 is 44.6 Å². The molecule has 1 aromatic carbocycles. The molecule has 0 aliphatic heterocycles. The Morgan fingerprint density at radius 1 is 1.09 bits per heavy atom. The van der Waals surface area contributed by atoms with Gasteiger partial charge in [-0.3, -0.25) is 14.1 Å². The van der Waals surface area contributed by atoms with Gasteiger partial charge in [-0.2, -0.15) is 4.98 Å². The van der Waals surface area contributed by atoms with Crippen LogP contribution in [-0.4, -0.2) is 32.9 Å². The number of nitrogen functional groups attached to an aromatic ring is 1. The van der Waals surface area contributed by atoms with Crippen LogP contribution >= 0.6 is 11.6 Å². The van der Waals surface area contributed by atoms with Gasteiger partial charge < -0.3 is 5.73 Å². The number of pyridine rings is 1. The average Bonchev–Trinajstić information content (AvgIpc) is 2.73. The van der Waals surface area contributed by atoms with E-state index in [-0.39, 0.29) is 39.0 Å². The first-order valence-electron chi connectivity index (χ1n) is 9.88. The van der Waals surface area contributed by atoms with Crippen molar-refractivity contribution in [1.82, 2.24) is 24.5 Å². The lowest BCUT2D eigenvalue weighted by Crippen LogP contribution is -2.26. The number of halogens is 1. The van der Waals surface area contributed by atoms with E-state index in [1.165, 1.54) is 29.0 Å². The van der Waals surface area contributed by atoms with Crippen molar-refractivity contribution in [3.05, 3.63) is 63.7 Å². The zero-order valence-corrected chi connectivity index (χ0v) is 19.5. The Bertz CT molecular complexity index is 1550. The first-order chi connectivity index (χ1) is 15.6. The zero-order valence-electron chi connectivity index (χ0n) is 17.9. The molecule has 0 bridgehead atoms. The number of nitrogens with one attached hydrogen (secondary N) is 1. The normalized spacial score (nSPS) is 11.8. The Labute approximate surface area is 194 Å². The van der Waals surface area contributed by atoms with Crippen molar-refractivity contribution in [1.29, 1.82) is 0 Å². The number of hydrogen-bond acceptors (Lipinski definition) is 8. The highest BCUT2D eigenvalue weighted by Crippen LogP contribution is 2.26. The Kier molecular flexibility index (Phi) is 5.76. The molecule has 3 aromatic heterocycles. The number of aryl methyl sites for hydroxylation is 1. The topological polar surface area (TPSA) is 146 Å². The van der Waals surface area contributed by atoms with Crippen LogP contribution in [0.3, 0.4) is 0 Å². The summed E-state index contributed by atoms with van der Waals surface area (Å²) in [7, 11) is -3.95. The number of sulfonamides is 1. The maximum Gasteiger partial charge on any atom is 0.279 e.